The van der Waals surface area contributed by atoms with Crippen LogP contribution in [0.4, 0.5) is 11.4 Å². The average Bonchev–Trinajstić information content (AvgIpc) is 2.84. The molecule has 106 valence electrons. The second-order valence-corrected chi connectivity index (χ2v) is 4.83. The lowest BCUT2D eigenvalue weighted by molar-refractivity contribution is -0.114. The third kappa shape index (κ3) is 3.57. The van der Waals surface area contributed by atoms with Crippen LogP contribution in [0.3, 0.4) is 0 Å². The predicted octanol–water partition coefficient (Wildman–Crippen LogP) is 2.43. The Morgan fingerprint density at radius 1 is 1.35 bits per heavy atom. The largest absolute Gasteiger partial charge is 0.378 e. The molecule has 1 aromatic carbocycles. The second kappa shape index (κ2) is 6.18. The number of hydrogen-bond donors (Lipinski definition) is 2. The van der Waals surface area contributed by atoms with Crippen LogP contribution in [0.1, 0.15) is 32.6 Å². The molecule has 0 spiro atoms. The maximum atomic E-state index is 11.0. The van der Waals surface area contributed by atoms with Crippen LogP contribution in [0, 0.1) is 0 Å². The molecule has 0 aliphatic rings. The van der Waals surface area contributed by atoms with Crippen molar-refractivity contribution >= 4 is 17.3 Å². The molecule has 6 nitrogen and oxygen atoms in total. The van der Waals surface area contributed by atoms with Gasteiger partial charge in [0.2, 0.25) is 5.91 Å². The van der Waals surface area contributed by atoms with E-state index in [1.165, 1.54) is 6.92 Å². The van der Waals surface area contributed by atoms with Gasteiger partial charge in [0.25, 0.3) is 0 Å². The number of nitrogens with zero attached hydrogens (tertiary/aromatic N) is 3. The highest BCUT2D eigenvalue weighted by atomic mass is 16.1. The molecule has 0 saturated heterocycles. The van der Waals surface area contributed by atoms with Gasteiger partial charge in [0.15, 0.2) is 0 Å². The van der Waals surface area contributed by atoms with Crippen LogP contribution in [0.2, 0.25) is 0 Å². The van der Waals surface area contributed by atoms with Crippen molar-refractivity contribution in [2.45, 2.75) is 33.4 Å². The summed E-state index contributed by atoms with van der Waals surface area (Å²) in [5, 5.41) is 10.2. The van der Waals surface area contributed by atoms with Crippen molar-refractivity contribution in [2.75, 3.05) is 10.6 Å². The second-order valence-electron chi connectivity index (χ2n) is 4.83. The van der Waals surface area contributed by atoms with Crippen LogP contribution in [-0.4, -0.2) is 20.7 Å². The molecule has 0 fully saturated rings. The van der Waals surface area contributed by atoms with Gasteiger partial charge in [0.05, 0.1) is 6.54 Å². The lowest BCUT2D eigenvalue weighted by atomic mass is 10.2. The Bertz CT molecular complexity index is 591. The Labute approximate surface area is 118 Å². The lowest BCUT2D eigenvalue weighted by Gasteiger charge is -2.11. The van der Waals surface area contributed by atoms with Gasteiger partial charge >= 0.3 is 0 Å². The van der Waals surface area contributed by atoms with E-state index in [-0.39, 0.29) is 11.9 Å². The number of amides is 1. The Kier molecular flexibility index (Phi) is 4.34. The van der Waals surface area contributed by atoms with Gasteiger partial charge in [-0.2, -0.15) is 5.10 Å². The third-order valence-corrected chi connectivity index (χ3v) is 2.77. The molecule has 1 heterocycles. The molecule has 6 heteroatoms. The summed E-state index contributed by atoms with van der Waals surface area (Å²) in [6.45, 7) is 6.21. The maximum Gasteiger partial charge on any atom is 0.221 e. The zero-order valence-corrected chi connectivity index (χ0v) is 11.9. The molecule has 2 aromatic rings. The first-order chi connectivity index (χ1) is 9.56. The van der Waals surface area contributed by atoms with Gasteiger partial charge in [-0.25, -0.2) is 9.67 Å². The van der Waals surface area contributed by atoms with E-state index in [0.717, 1.165) is 17.2 Å². The van der Waals surface area contributed by atoms with Crippen molar-refractivity contribution in [1.82, 2.24) is 14.8 Å². The van der Waals surface area contributed by atoms with E-state index >= 15 is 0 Å². The standard InChI is InChI=1S/C14H19N5O/c1-10(2)19-14(16-9-17-19)8-15-12-5-4-6-13(7-12)18-11(3)20/h4-7,9-10,15H,8H2,1-3H3,(H,18,20). The monoisotopic (exact) mass is 273 g/mol. The van der Waals surface area contributed by atoms with Gasteiger partial charge in [-0.15, -0.1) is 0 Å². The Hall–Kier alpha value is -2.37. The number of aromatic nitrogens is 3. The van der Waals surface area contributed by atoms with E-state index in [4.69, 9.17) is 0 Å². The van der Waals surface area contributed by atoms with Crippen molar-refractivity contribution in [3.8, 4) is 0 Å². The highest BCUT2D eigenvalue weighted by Gasteiger charge is 2.07. The van der Waals surface area contributed by atoms with Crippen LogP contribution >= 0.6 is 0 Å². The Morgan fingerprint density at radius 2 is 2.10 bits per heavy atom. The van der Waals surface area contributed by atoms with Crippen molar-refractivity contribution < 1.29 is 4.79 Å². The van der Waals surface area contributed by atoms with Crippen LogP contribution in [0.5, 0.6) is 0 Å². The zero-order chi connectivity index (χ0) is 14.5. The summed E-state index contributed by atoms with van der Waals surface area (Å²) in [6.07, 6.45) is 1.56. The minimum absolute atomic E-state index is 0.0818. The molecule has 0 radical (unpaired) electrons. The number of hydrogen-bond acceptors (Lipinski definition) is 4. The van der Waals surface area contributed by atoms with Gasteiger partial charge in [0, 0.05) is 24.3 Å². The van der Waals surface area contributed by atoms with E-state index in [2.05, 4.69) is 34.6 Å². The molecule has 0 unspecified atom stereocenters. The third-order valence-electron chi connectivity index (χ3n) is 2.77. The molecule has 0 bridgehead atoms. The first kappa shape index (κ1) is 14.0. The highest BCUT2D eigenvalue weighted by molar-refractivity contribution is 5.89. The molecular formula is C14H19N5O. The van der Waals surface area contributed by atoms with E-state index < -0.39 is 0 Å². The Morgan fingerprint density at radius 3 is 2.80 bits per heavy atom. The van der Waals surface area contributed by atoms with Gasteiger partial charge in [0.1, 0.15) is 12.2 Å². The van der Waals surface area contributed by atoms with E-state index in [1.54, 1.807) is 6.33 Å². The number of carbonyl (C=O) groups excluding carboxylic acids is 1. The van der Waals surface area contributed by atoms with Gasteiger partial charge in [-0.05, 0) is 32.0 Å². The topological polar surface area (TPSA) is 71.8 Å². The fourth-order valence-corrected chi connectivity index (χ4v) is 1.92. The molecule has 0 aliphatic heterocycles. The maximum absolute atomic E-state index is 11.0. The molecule has 2 rings (SSSR count). The smallest absolute Gasteiger partial charge is 0.221 e. The summed E-state index contributed by atoms with van der Waals surface area (Å²) in [7, 11) is 0. The number of nitrogens with one attached hydrogen (secondary N) is 2. The van der Waals surface area contributed by atoms with E-state index in [9.17, 15) is 4.79 Å². The quantitative estimate of drug-likeness (QED) is 0.877. The number of anilines is 2. The van der Waals surface area contributed by atoms with E-state index in [0.29, 0.717) is 6.54 Å². The first-order valence-corrected chi connectivity index (χ1v) is 6.56. The summed E-state index contributed by atoms with van der Waals surface area (Å²) in [6, 6.07) is 7.85. The lowest BCUT2D eigenvalue weighted by Crippen LogP contribution is -2.12. The van der Waals surface area contributed by atoms with Crippen LogP contribution in [-0.2, 0) is 11.3 Å². The summed E-state index contributed by atoms with van der Waals surface area (Å²) < 4.78 is 1.88. The predicted molar refractivity (Wildman–Crippen MR) is 78.5 cm³/mol. The van der Waals surface area contributed by atoms with Crippen LogP contribution in [0.25, 0.3) is 0 Å². The van der Waals surface area contributed by atoms with E-state index in [1.807, 2.05) is 28.9 Å². The van der Waals surface area contributed by atoms with Gasteiger partial charge in [-0.3, -0.25) is 4.79 Å². The van der Waals surface area contributed by atoms with Crippen molar-refractivity contribution in [3.05, 3.63) is 36.4 Å². The Balaban J connectivity index is 2.03. The molecule has 0 atom stereocenters. The van der Waals surface area contributed by atoms with Gasteiger partial charge in [-0.1, -0.05) is 6.07 Å². The van der Waals surface area contributed by atoms with Crippen molar-refractivity contribution in [1.29, 1.82) is 0 Å². The SMILES string of the molecule is CC(=O)Nc1cccc(NCc2ncnn2C(C)C)c1. The number of rotatable bonds is 5. The summed E-state index contributed by atoms with van der Waals surface area (Å²) >= 11 is 0. The molecule has 20 heavy (non-hydrogen) atoms. The van der Waals surface area contributed by atoms with Gasteiger partial charge < -0.3 is 10.6 Å². The number of carbonyl (C=O) groups is 1. The molecular weight excluding hydrogens is 254 g/mol. The minimum atomic E-state index is -0.0818. The fourth-order valence-electron chi connectivity index (χ4n) is 1.92. The zero-order valence-electron chi connectivity index (χ0n) is 11.9. The highest BCUT2D eigenvalue weighted by Crippen LogP contribution is 2.16. The summed E-state index contributed by atoms with van der Waals surface area (Å²) in [5.74, 6) is 0.798. The minimum Gasteiger partial charge on any atom is -0.378 e. The molecule has 2 N–H and O–H groups in total. The summed E-state index contributed by atoms with van der Waals surface area (Å²) in [5.41, 5.74) is 1.70. The molecule has 0 saturated carbocycles. The van der Waals surface area contributed by atoms with Crippen LogP contribution < -0.4 is 10.6 Å². The molecule has 1 amide bonds. The molecule has 0 aliphatic carbocycles. The van der Waals surface area contributed by atoms with Crippen LogP contribution in [0.15, 0.2) is 30.6 Å². The van der Waals surface area contributed by atoms with Crippen molar-refractivity contribution in [3.63, 3.8) is 0 Å². The average molecular weight is 273 g/mol. The first-order valence-electron chi connectivity index (χ1n) is 6.56. The number of benzene rings is 1. The van der Waals surface area contributed by atoms with Crippen molar-refractivity contribution in [2.24, 2.45) is 0 Å². The summed E-state index contributed by atoms with van der Waals surface area (Å²) in [4.78, 5) is 15.3. The molecule has 1 aromatic heterocycles. The fraction of sp³-hybridized carbons (Fsp3) is 0.357. The normalized spacial score (nSPS) is 10.6.